The Morgan fingerprint density at radius 1 is 0.880 bits per heavy atom. The maximum atomic E-state index is 10.3. The molecule has 2 aromatic carbocycles. The minimum atomic E-state index is 0.307. The Bertz CT molecular complexity index is 1060. The Hall–Kier alpha value is -3.20. The fourth-order valence-electron chi connectivity index (χ4n) is 3.63. The second kappa shape index (κ2) is 5.42. The van der Waals surface area contributed by atoms with Crippen LogP contribution < -0.4 is 0 Å². The molecule has 1 aliphatic heterocycles. The Morgan fingerprint density at radius 3 is 2.64 bits per heavy atom. The largest absolute Gasteiger partial charge is 0.507 e. The molecule has 1 aromatic heterocycles. The van der Waals surface area contributed by atoms with Crippen molar-refractivity contribution in [2.24, 2.45) is 4.99 Å². The number of aromatic nitrogens is 1. The van der Waals surface area contributed by atoms with Gasteiger partial charge in [-0.05, 0) is 34.9 Å². The van der Waals surface area contributed by atoms with E-state index in [0.29, 0.717) is 5.75 Å². The van der Waals surface area contributed by atoms with Crippen molar-refractivity contribution < 1.29 is 5.11 Å². The molecule has 1 N–H and O–H groups in total. The summed E-state index contributed by atoms with van der Waals surface area (Å²) in [5, 5.41) is 10.3. The van der Waals surface area contributed by atoms with Gasteiger partial charge < -0.3 is 5.11 Å². The SMILES string of the molecule is Oc1cccc2c1-c1nc(-c3cccc(C4=NC=CC4)c3)ccc1C2. The zero-order valence-electron chi connectivity index (χ0n) is 13.6. The van der Waals surface area contributed by atoms with Crippen molar-refractivity contribution in [1.82, 2.24) is 4.98 Å². The molecule has 0 fully saturated rings. The van der Waals surface area contributed by atoms with Gasteiger partial charge in [0.15, 0.2) is 0 Å². The van der Waals surface area contributed by atoms with E-state index in [1.165, 1.54) is 5.56 Å². The quantitative estimate of drug-likeness (QED) is 0.579. The molecule has 1 aliphatic carbocycles. The first kappa shape index (κ1) is 14.2. The van der Waals surface area contributed by atoms with Crippen LogP contribution in [0.25, 0.3) is 22.5 Å². The molecule has 0 atom stereocenters. The number of aromatic hydroxyl groups is 1. The van der Waals surface area contributed by atoms with E-state index in [2.05, 4.69) is 47.5 Å². The van der Waals surface area contributed by atoms with Gasteiger partial charge in [-0.2, -0.15) is 0 Å². The molecule has 0 spiro atoms. The van der Waals surface area contributed by atoms with Crippen LogP contribution >= 0.6 is 0 Å². The number of benzene rings is 2. The number of rotatable bonds is 2. The summed E-state index contributed by atoms with van der Waals surface area (Å²) in [6.07, 6.45) is 5.63. The number of phenols is 1. The van der Waals surface area contributed by atoms with Crippen LogP contribution in [0.2, 0.25) is 0 Å². The van der Waals surface area contributed by atoms with Crippen molar-refractivity contribution in [3.05, 3.63) is 83.6 Å². The van der Waals surface area contributed by atoms with Crippen molar-refractivity contribution in [1.29, 1.82) is 0 Å². The number of pyridine rings is 1. The predicted octanol–water partition coefficient (Wildman–Crippen LogP) is 4.73. The average Bonchev–Trinajstić information content (AvgIpc) is 3.29. The predicted molar refractivity (Wildman–Crippen MR) is 99.9 cm³/mol. The highest BCUT2D eigenvalue weighted by Gasteiger charge is 2.23. The molecular weight excluding hydrogens is 308 g/mol. The fraction of sp³-hybridized carbons (Fsp3) is 0.0909. The van der Waals surface area contributed by atoms with Crippen molar-refractivity contribution in [3.8, 4) is 28.3 Å². The van der Waals surface area contributed by atoms with E-state index in [9.17, 15) is 5.11 Å². The van der Waals surface area contributed by atoms with Gasteiger partial charge >= 0.3 is 0 Å². The van der Waals surface area contributed by atoms with Crippen molar-refractivity contribution in [2.45, 2.75) is 12.8 Å². The highest BCUT2D eigenvalue weighted by atomic mass is 16.3. The molecule has 3 nitrogen and oxygen atoms in total. The molecular formula is C22H16N2O. The number of hydrogen-bond acceptors (Lipinski definition) is 3. The third-order valence-electron chi connectivity index (χ3n) is 4.86. The molecule has 25 heavy (non-hydrogen) atoms. The van der Waals surface area contributed by atoms with Gasteiger partial charge in [0.2, 0.25) is 0 Å². The van der Waals surface area contributed by atoms with E-state index in [-0.39, 0.29) is 0 Å². The summed E-state index contributed by atoms with van der Waals surface area (Å²) in [4.78, 5) is 9.30. The minimum absolute atomic E-state index is 0.307. The highest BCUT2D eigenvalue weighted by Crippen LogP contribution is 2.41. The first-order chi connectivity index (χ1) is 12.3. The molecule has 0 saturated heterocycles. The molecule has 3 aromatic rings. The van der Waals surface area contributed by atoms with Gasteiger partial charge in [-0.1, -0.05) is 42.5 Å². The number of phenolic OH excluding ortho intramolecular Hbond substituents is 1. The van der Waals surface area contributed by atoms with E-state index >= 15 is 0 Å². The Balaban J connectivity index is 1.61. The van der Waals surface area contributed by atoms with E-state index in [1.54, 1.807) is 6.07 Å². The zero-order valence-corrected chi connectivity index (χ0v) is 13.6. The molecule has 0 unspecified atom stereocenters. The van der Waals surface area contributed by atoms with Gasteiger partial charge in [0.05, 0.1) is 17.1 Å². The van der Waals surface area contributed by atoms with E-state index < -0.39 is 0 Å². The Kier molecular flexibility index (Phi) is 3.07. The zero-order chi connectivity index (χ0) is 16.8. The van der Waals surface area contributed by atoms with Gasteiger partial charge in [0, 0.05) is 30.2 Å². The lowest BCUT2D eigenvalue weighted by atomic mass is 10.0. The van der Waals surface area contributed by atoms with Gasteiger partial charge in [-0.25, -0.2) is 4.98 Å². The van der Waals surface area contributed by atoms with Crippen LogP contribution in [0.15, 0.2) is 71.9 Å². The number of allylic oxidation sites excluding steroid dienone is 1. The smallest absolute Gasteiger partial charge is 0.125 e. The number of aliphatic imine (C=N–C) groups is 1. The van der Waals surface area contributed by atoms with Crippen LogP contribution in [0.5, 0.6) is 5.75 Å². The van der Waals surface area contributed by atoms with E-state index in [4.69, 9.17) is 4.98 Å². The molecule has 0 saturated carbocycles. The molecule has 2 heterocycles. The van der Waals surface area contributed by atoms with Crippen LogP contribution in [-0.4, -0.2) is 15.8 Å². The first-order valence-corrected chi connectivity index (χ1v) is 8.43. The lowest BCUT2D eigenvalue weighted by Crippen LogP contribution is -1.97. The van der Waals surface area contributed by atoms with E-state index in [1.807, 2.05) is 18.3 Å². The summed E-state index contributed by atoms with van der Waals surface area (Å²) in [5.41, 5.74) is 8.29. The third kappa shape index (κ3) is 2.28. The maximum absolute atomic E-state index is 10.3. The summed E-state index contributed by atoms with van der Waals surface area (Å²) in [6, 6.07) is 18.2. The second-order valence-electron chi connectivity index (χ2n) is 6.44. The molecule has 120 valence electrons. The third-order valence-corrected chi connectivity index (χ3v) is 4.86. The van der Waals surface area contributed by atoms with E-state index in [0.717, 1.165) is 52.2 Å². The van der Waals surface area contributed by atoms with Crippen LogP contribution in [0.4, 0.5) is 0 Å². The Morgan fingerprint density at radius 2 is 1.76 bits per heavy atom. The van der Waals surface area contributed by atoms with Crippen LogP contribution in [0.1, 0.15) is 23.1 Å². The molecule has 0 radical (unpaired) electrons. The van der Waals surface area contributed by atoms with Crippen LogP contribution in [0.3, 0.4) is 0 Å². The van der Waals surface area contributed by atoms with Crippen molar-refractivity contribution >= 4 is 5.71 Å². The number of hydrogen-bond donors (Lipinski definition) is 1. The number of nitrogens with zero attached hydrogens (tertiary/aromatic N) is 2. The molecule has 3 heteroatoms. The van der Waals surface area contributed by atoms with Crippen LogP contribution in [0, 0.1) is 0 Å². The number of fused-ring (bicyclic) bond motifs is 3. The topological polar surface area (TPSA) is 45.5 Å². The molecule has 0 bridgehead atoms. The standard InChI is InChI=1S/C22H16N2O/c25-20-8-2-6-16-13-17-9-10-19(24-22(17)21(16)20)15-5-1-4-14(12-15)18-7-3-11-23-18/h1-6,8-12,25H,7,13H2. The highest BCUT2D eigenvalue weighted by molar-refractivity contribution is 6.03. The van der Waals surface area contributed by atoms with Gasteiger partial charge in [-0.3, -0.25) is 4.99 Å². The van der Waals surface area contributed by atoms with Gasteiger partial charge in [0.1, 0.15) is 5.75 Å². The molecule has 0 amide bonds. The second-order valence-corrected chi connectivity index (χ2v) is 6.44. The monoisotopic (exact) mass is 324 g/mol. The van der Waals surface area contributed by atoms with Crippen molar-refractivity contribution in [2.75, 3.05) is 0 Å². The normalized spacial score (nSPS) is 14.3. The maximum Gasteiger partial charge on any atom is 0.125 e. The van der Waals surface area contributed by atoms with Crippen molar-refractivity contribution in [3.63, 3.8) is 0 Å². The van der Waals surface area contributed by atoms with Gasteiger partial charge in [-0.15, -0.1) is 0 Å². The van der Waals surface area contributed by atoms with Crippen LogP contribution in [-0.2, 0) is 6.42 Å². The first-order valence-electron chi connectivity index (χ1n) is 8.43. The lowest BCUT2D eigenvalue weighted by Gasteiger charge is -2.08. The summed E-state index contributed by atoms with van der Waals surface area (Å²) in [5.74, 6) is 0.307. The summed E-state index contributed by atoms with van der Waals surface area (Å²) < 4.78 is 0. The molecule has 2 aliphatic rings. The minimum Gasteiger partial charge on any atom is -0.507 e. The van der Waals surface area contributed by atoms with Gasteiger partial charge in [0.25, 0.3) is 0 Å². The Labute approximate surface area is 146 Å². The fourth-order valence-corrected chi connectivity index (χ4v) is 3.63. The summed E-state index contributed by atoms with van der Waals surface area (Å²) in [6.45, 7) is 0. The summed E-state index contributed by atoms with van der Waals surface area (Å²) >= 11 is 0. The molecule has 5 rings (SSSR count). The lowest BCUT2D eigenvalue weighted by molar-refractivity contribution is 0.477. The average molecular weight is 324 g/mol. The summed E-state index contributed by atoms with van der Waals surface area (Å²) in [7, 11) is 0.